The number of guanidine groups is 1. The third-order valence-electron chi connectivity index (χ3n) is 4.31. The lowest BCUT2D eigenvalue weighted by molar-refractivity contribution is 0.614. The van der Waals surface area contributed by atoms with Crippen molar-refractivity contribution in [3.8, 4) is 0 Å². The van der Waals surface area contributed by atoms with Crippen molar-refractivity contribution in [1.82, 2.24) is 20.2 Å². The van der Waals surface area contributed by atoms with Crippen LogP contribution in [0.5, 0.6) is 0 Å². The van der Waals surface area contributed by atoms with Crippen LogP contribution in [-0.4, -0.2) is 35.1 Å². The second-order valence-electron chi connectivity index (χ2n) is 6.54. The summed E-state index contributed by atoms with van der Waals surface area (Å²) < 4.78 is 2.20. The summed E-state index contributed by atoms with van der Waals surface area (Å²) in [6.45, 7) is 6.15. The van der Waals surface area contributed by atoms with Crippen molar-refractivity contribution < 1.29 is 0 Å². The highest BCUT2D eigenvalue weighted by Gasteiger charge is 2.08. The molecule has 1 atom stereocenters. The van der Waals surface area contributed by atoms with E-state index in [-0.39, 0.29) is 0 Å². The molecule has 0 radical (unpaired) electrons. The highest BCUT2D eigenvalue weighted by molar-refractivity contribution is 7.11. The fourth-order valence-corrected chi connectivity index (χ4v) is 4.04. The van der Waals surface area contributed by atoms with Crippen LogP contribution in [0.25, 0.3) is 11.0 Å². The number of fused-ring (bicyclic) bond motifs is 1. The van der Waals surface area contributed by atoms with Gasteiger partial charge in [0.25, 0.3) is 0 Å². The molecule has 0 saturated heterocycles. The molecular weight excluding hydrogens is 342 g/mol. The Bertz CT molecular complexity index is 864. The Hall–Kier alpha value is -2.34. The maximum Gasteiger partial charge on any atom is 0.191 e. The van der Waals surface area contributed by atoms with Gasteiger partial charge in [0.15, 0.2) is 5.96 Å². The largest absolute Gasteiger partial charge is 0.356 e. The summed E-state index contributed by atoms with van der Waals surface area (Å²) >= 11 is 1.86. The van der Waals surface area contributed by atoms with Crippen LogP contribution < -0.4 is 10.6 Å². The number of para-hydroxylation sites is 2. The minimum absolute atomic E-state index is 0.344. The SMILES string of the molecule is CN=C(NCCCn1cnc2ccccc21)NC(C)Cc1ccc(C)s1. The summed E-state index contributed by atoms with van der Waals surface area (Å²) in [5.74, 6) is 0.862. The minimum atomic E-state index is 0.344. The summed E-state index contributed by atoms with van der Waals surface area (Å²) in [5, 5.41) is 6.88. The molecule has 3 aromatic rings. The van der Waals surface area contributed by atoms with Crippen molar-refractivity contribution in [3.63, 3.8) is 0 Å². The number of benzene rings is 1. The molecule has 6 heteroatoms. The smallest absolute Gasteiger partial charge is 0.191 e. The molecule has 0 saturated carbocycles. The number of rotatable bonds is 7. The average molecular weight is 370 g/mol. The number of hydrogen-bond acceptors (Lipinski definition) is 3. The van der Waals surface area contributed by atoms with Gasteiger partial charge in [-0.05, 0) is 44.5 Å². The summed E-state index contributed by atoms with van der Waals surface area (Å²) in [7, 11) is 1.82. The fraction of sp³-hybridized carbons (Fsp3) is 0.400. The van der Waals surface area contributed by atoms with Crippen LogP contribution in [-0.2, 0) is 13.0 Å². The van der Waals surface area contributed by atoms with Crippen molar-refractivity contribution >= 4 is 28.3 Å². The molecule has 0 amide bonds. The third-order valence-corrected chi connectivity index (χ3v) is 5.33. The number of aromatic nitrogens is 2. The first-order valence-electron chi connectivity index (χ1n) is 9.08. The summed E-state index contributed by atoms with van der Waals surface area (Å²) in [4.78, 5) is 11.5. The van der Waals surface area contributed by atoms with Crippen molar-refractivity contribution in [2.45, 2.75) is 39.3 Å². The van der Waals surface area contributed by atoms with Crippen LogP contribution in [0.1, 0.15) is 23.1 Å². The fourth-order valence-electron chi connectivity index (χ4n) is 3.02. The van der Waals surface area contributed by atoms with E-state index < -0.39 is 0 Å². The van der Waals surface area contributed by atoms with Crippen LogP contribution in [0, 0.1) is 6.92 Å². The van der Waals surface area contributed by atoms with Crippen molar-refractivity contribution in [2.24, 2.45) is 4.99 Å². The molecule has 0 aliphatic carbocycles. The molecule has 3 rings (SSSR count). The van der Waals surface area contributed by atoms with Gasteiger partial charge in [0.05, 0.1) is 17.4 Å². The summed E-state index contributed by atoms with van der Waals surface area (Å²) in [6.07, 6.45) is 3.95. The molecule has 2 aromatic heterocycles. The van der Waals surface area contributed by atoms with Gasteiger partial charge in [0, 0.05) is 42.4 Å². The molecule has 1 unspecified atom stereocenters. The molecule has 138 valence electrons. The van der Waals surface area contributed by atoms with Crippen LogP contribution in [0.4, 0.5) is 0 Å². The van der Waals surface area contributed by atoms with E-state index in [9.17, 15) is 0 Å². The number of hydrogen-bond donors (Lipinski definition) is 2. The normalized spacial score (nSPS) is 13.1. The first-order valence-corrected chi connectivity index (χ1v) is 9.89. The van der Waals surface area contributed by atoms with Gasteiger partial charge in [-0.25, -0.2) is 4.98 Å². The van der Waals surface area contributed by atoms with E-state index in [2.05, 4.69) is 63.3 Å². The topological polar surface area (TPSA) is 54.2 Å². The number of thiophene rings is 1. The van der Waals surface area contributed by atoms with E-state index in [1.807, 2.05) is 36.8 Å². The van der Waals surface area contributed by atoms with Gasteiger partial charge in [0.1, 0.15) is 0 Å². The molecule has 0 aliphatic rings. The minimum Gasteiger partial charge on any atom is -0.356 e. The zero-order chi connectivity index (χ0) is 18.4. The van der Waals surface area contributed by atoms with E-state index in [1.54, 1.807) is 0 Å². The number of aryl methyl sites for hydroxylation is 2. The van der Waals surface area contributed by atoms with Gasteiger partial charge in [-0.15, -0.1) is 11.3 Å². The lowest BCUT2D eigenvalue weighted by atomic mass is 10.2. The predicted octanol–water partition coefficient (Wildman–Crippen LogP) is 3.59. The van der Waals surface area contributed by atoms with Gasteiger partial charge >= 0.3 is 0 Å². The van der Waals surface area contributed by atoms with Crippen LogP contribution in [0.3, 0.4) is 0 Å². The first kappa shape index (κ1) is 18.5. The number of aliphatic imine (C=N–C) groups is 1. The summed E-state index contributed by atoms with van der Waals surface area (Å²) in [5.41, 5.74) is 2.24. The quantitative estimate of drug-likeness (QED) is 0.380. The Balaban J connectivity index is 1.42. The Morgan fingerprint density at radius 2 is 2.12 bits per heavy atom. The molecule has 26 heavy (non-hydrogen) atoms. The first-order chi connectivity index (χ1) is 12.7. The van der Waals surface area contributed by atoms with Crippen LogP contribution in [0.15, 0.2) is 47.7 Å². The second-order valence-corrected chi connectivity index (χ2v) is 7.91. The van der Waals surface area contributed by atoms with Crippen molar-refractivity contribution in [2.75, 3.05) is 13.6 Å². The molecule has 2 heterocycles. The van der Waals surface area contributed by atoms with E-state index in [0.717, 1.165) is 37.4 Å². The van der Waals surface area contributed by atoms with Crippen LogP contribution >= 0.6 is 11.3 Å². The number of nitrogens with zero attached hydrogens (tertiary/aromatic N) is 3. The Labute approximate surface area is 159 Å². The number of nitrogens with one attached hydrogen (secondary N) is 2. The lowest BCUT2D eigenvalue weighted by Crippen LogP contribution is -2.43. The van der Waals surface area contributed by atoms with Gasteiger partial charge in [-0.3, -0.25) is 4.99 Å². The third kappa shape index (κ3) is 4.85. The average Bonchev–Trinajstić information content (AvgIpc) is 3.23. The Kier molecular flexibility index (Phi) is 6.28. The Morgan fingerprint density at radius 3 is 2.88 bits per heavy atom. The lowest BCUT2D eigenvalue weighted by Gasteiger charge is -2.17. The number of imidazole rings is 1. The molecule has 0 aliphatic heterocycles. The zero-order valence-corrected chi connectivity index (χ0v) is 16.5. The van der Waals surface area contributed by atoms with E-state index in [0.29, 0.717) is 6.04 Å². The van der Waals surface area contributed by atoms with Crippen LogP contribution in [0.2, 0.25) is 0 Å². The maximum atomic E-state index is 4.44. The molecule has 2 N–H and O–H groups in total. The maximum absolute atomic E-state index is 4.44. The molecule has 0 spiro atoms. The standard InChI is InChI=1S/C20H27N5S/c1-15(13-17-10-9-16(2)26-17)24-20(21-3)22-11-6-12-25-14-23-18-7-4-5-8-19(18)25/h4-5,7-10,14-15H,6,11-13H2,1-3H3,(H2,21,22,24). The molecular formula is C20H27N5S. The summed E-state index contributed by atoms with van der Waals surface area (Å²) in [6, 6.07) is 13.0. The van der Waals surface area contributed by atoms with E-state index >= 15 is 0 Å². The van der Waals surface area contributed by atoms with E-state index in [4.69, 9.17) is 0 Å². The van der Waals surface area contributed by atoms with Gasteiger partial charge < -0.3 is 15.2 Å². The molecule has 0 fully saturated rings. The monoisotopic (exact) mass is 369 g/mol. The van der Waals surface area contributed by atoms with Gasteiger partial charge in [-0.1, -0.05) is 12.1 Å². The molecule has 1 aromatic carbocycles. The molecule has 5 nitrogen and oxygen atoms in total. The van der Waals surface area contributed by atoms with Gasteiger partial charge in [0.2, 0.25) is 0 Å². The second kappa shape index (κ2) is 8.85. The predicted molar refractivity (Wildman–Crippen MR) is 111 cm³/mol. The Morgan fingerprint density at radius 1 is 1.27 bits per heavy atom. The van der Waals surface area contributed by atoms with E-state index in [1.165, 1.54) is 15.3 Å². The van der Waals surface area contributed by atoms with Crippen molar-refractivity contribution in [3.05, 3.63) is 52.5 Å². The highest BCUT2D eigenvalue weighted by atomic mass is 32.1. The van der Waals surface area contributed by atoms with Crippen molar-refractivity contribution in [1.29, 1.82) is 0 Å². The zero-order valence-electron chi connectivity index (χ0n) is 15.7. The highest BCUT2D eigenvalue weighted by Crippen LogP contribution is 2.16. The van der Waals surface area contributed by atoms with Gasteiger partial charge in [-0.2, -0.15) is 0 Å². The molecule has 0 bridgehead atoms.